The van der Waals surface area contributed by atoms with Crippen LogP contribution in [-0.4, -0.2) is 25.8 Å². The molecule has 0 aromatic heterocycles. The van der Waals surface area contributed by atoms with Gasteiger partial charge in [-0.25, -0.2) is 4.79 Å². The number of esters is 1. The molecular weight excluding hydrogens is 234 g/mol. The van der Waals surface area contributed by atoms with Crippen LogP contribution in [0.4, 0.5) is 0 Å². The van der Waals surface area contributed by atoms with Gasteiger partial charge in [-0.3, -0.25) is 0 Å². The standard InChI is InChI=1S/C13H17NO4/c1-8(14)9-3-4-10(12(7-9)16-2)18-11-5-6-17-13(11)15/h3-4,7-8,11H,5-6,14H2,1-2H3/t8-,11?/m0/s1. The molecule has 2 N–H and O–H groups in total. The molecule has 1 aliphatic rings. The van der Waals surface area contributed by atoms with E-state index >= 15 is 0 Å². The molecule has 0 aliphatic carbocycles. The number of ether oxygens (including phenoxy) is 3. The molecule has 1 saturated heterocycles. The number of hydrogen-bond donors (Lipinski definition) is 1. The van der Waals surface area contributed by atoms with Gasteiger partial charge in [0.1, 0.15) is 0 Å². The van der Waals surface area contributed by atoms with Crippen molar-refractivity contribution < 1.29 is 19.0 Å². The molecule has 1 aliphatic heterocycles. The zero-order valence-corrected chi connectivity index (χ0v) is 10.5. The Morgan fingerprint density at radius 3 is 2.78 bits per heavy atom. The summed E-state index contributed by atoms with van der Waals surface area (Å²) in [6, 6.07) is 5.37. The Labute approximate surface area is 106 Å². The van der Waals surface area contributed by atoms with Gasteiger partial charge in [-0.1, -0.05) is 6.07 Å². The number of methoxy groups -OCH3 is 1. The van der Waals surface area contributed by atoms with Crippen molar-refractivity contribution in [2.24, 2.45) is 5.73 Å². The lowest BCUT2D eigenvalue weighted by Crippen LogP contribution is -2.22. The summed E-state index contributed by atoms with van der Waals surface area (Å²) in [5.74, 6) is 0.781. The molecule has 1 unspecified atom stereocenters. The normalized spacial score (nSPS) is 20.4. The van der Waals surface area contributed by atoms with Crippen LogP contribution in [0.15, 0.2) is 18.2 Å². The number of benzene rings is 1. The van der Waals surface area contributed by atoms with E-state index in [0.717, 1.165) is 5.56 Å². The highest BCUT2D eigenvalue weighted by Crippen LogP contribution is 2.31. The zero-order valence-electron chi connectivity index (χ0n) is 10.5. The van der Waals surface area contributed by atoms with Crippen molar-refractivity contribution in [2.75, 3.05) is 13.7 Å². The second kappa shape index (κ2) is 5.27. The molecule has 0 radical (unpaired) electrons. The average Bonchev–Trinajstić information content (AvgIpc) is 2.75. The largest absolute Gasteiger partial charge is 0.493 e. The van der Waals surface area contributed by atoms with E-state index in [4.69, 9.17) is 19.9 Å². The van der Waals surface area contributed by atoms with Crippen LogP contribution >= 0.6 is 0 Å². The van der Waals surface area contributed by atoms with E-state index in [9.17, 15) is 4.79 Å². The summed E-state index contributed by atoms with van der Waals surface area (Å²) in [7, 11) is 1.56. The van der Waals surface area contributed by atoms with Gasteiger partial charge < -0.3 is 19.9 Å². The van der Waals surface area contributed by atoms with Crippen molar-refractivity contribution in [3.05, 3.63) is 23.8 Å². The molecule has 18 heavy (non-hydrogen) atoms. The third kappa shape index (κ3) is 2.56. The van der Waals surface area contributed by atoms with Crippen LogP contribution in [0.1, 0.15) is 24.9 Å². The molecule has 0 bridgehead atoms. The Balaban J connectivity index is 2.19. The maximum absolute atomic E-state index is 11.3. The molecule has 5 heteroatoms. The van der Waals surface area contributed by atoms with E-state index in [1.54, 1.807) is 13.2 Å². The summed E-state index contributed by atoms with van der Waals surface area (Å²) in [6.45, 7) is 2.30. The van der Waals surface area contributed by atoms with Gasteiger partial charge in [0.15, 0.2) is 17.6 Å². The Bertz CT molecular complexity index is 445. The first-order valence-electron chi connectivity index (χ1n) is 5.88. The van der Waals surface area contributed by atoms with Gasteiger partial charge in [0.25, 0.3) is 0 Å². The predicted octanol–water partition coefficient (Wildman–Crippen LogP) is 1.41. The van der Waals surface area contributed by atoms with E-state index in [1.165, 1.54) is 0 Å². The first-order valence-corrected chi connectivity index (χ1v) is 5.88. The maximum Gasteiger partial charge on any atom is 0.347 e. The summed E-state index contributed by atoms with van der Waals surface area (Å²) in [5.41, 5.74) is 6.75. The summed E-state index contributed by atoms with van der Waals surface area (Å²) >= 11 is 0. The average molecular weight is 251 g/mol. The minimum absolute atomic E-state index is 0.0793. The zero-order chi connectivity index (χ0) is 13.1. The number of carbonyl (C=O) groups is 1. The smallest absolute Gasteiger partial charge is 0.347 e. The molecule has 2 rings (SSSR count). The minimum atomic E-state index is -0.542. The van der Waals surface area contributed by atoms with Crippen molar-refractivity contribution >= 4 is 5.97 Å². The summed E-state index contributed by atoms with van der Waals surface area (Å²) < 4.78 is 15.7. The third-order valence-electron chi connectivity index (χ3n) is 2.87. The van der Waals surface area contributed by atoms with Gasteiger partial charge in [-0.2, -0.15) is 0 Å². The van der Waals surface area contributed by atoms with Crippen molar-refractivity contribution in [2.45, 2.75) is 25.5 Å². The second-order valence-corrected chi connectivity index (χ2v) is 4.26. The van der Waals surface area contributed by atoms with Crippen LogP contribution in [0.5, 0.6) is 11.5 Å². The fourth-order valence-corrected chi connectivity index (χ4v) is 1.80. The molecule has 0 saturated carbocycles. The minimum Gasteiger partial charge on any atom is -0.493 e. The van der Waals surface area contributed by atoms with E-state index in [-0.39, 0.29) is 12.0 Å². The highest BCUT2D eigenvalue weighted by molar-refractivity contribution is 5.77. The lowest BCUT2D eigenvalue weighted by atomic mass is 10.1. The van der Waals surface area contributed by atoms with Gasteiger partial charge in [0, 0.05) is 12.5 Å². The van der Waals surface area contributed by atoms with Crippen LogP contribution in [-0.2, 0) is 9.53 Å². The Hall–Kier alpha value is -1.75. The highest BCUT2D eigenvalue weighted by Gasteiger charge is 2.29. The van der Waals surface area contributed by atoms with Crippen molar-refractivity contribution in [3.63, 3.8) is 0 Å². The van der Waals surface area contributed by atoms with E-state index in [2.05, 4.69) is 0 Å². The fourth-order valence-electron chi connectivity index (χ4n) is 1.80. The Morgan fingerprint density at radius 1 is 1.44 bits per heavy atom. The van der Waals surface area contributed by atoms with E-state index < -0.39 is 6.10 Å². The summed E-state index contributed by atoms with van der Waals surface area (Å²) in [4.78, 5) is 11.3. The monoisotopic (exact) mass is 251 g/mol. The molecule has 98 valence electrons. The molecule has 1 heterocycles. The molecule has 1 aromatic carbocycles. The second-order valence-electron chi connectivity index (χ2n) is 4.26. The van der Waals surface area contributed by atoms with Gasteiger partial charge in [0.2, 0.25) is 0 Å². The van der Waals surface area contributed by atoms with Crippen LogP contribution in [0.25, 0.3) is 0 Å². The van der Waals surface area contributed by atoms with Crippen LogP contribution < -0.4 is 15.2 Å². The number of cyclic esters (lactones) is 1. The Morgan fingerprint density at radius 2 is 2.22 bits per heavy atom. The molecule has 2 atom stereocenters. The van der Waals surface area contributed by atoms with Gasteiger partial charge in [-0.05, 0) is 24.6 Å². The molecule has 0 spiro atoms. The van der Waals surface area contributed by atoms with Gasteiger partial charge in [0.05, 0.1) is 13.7 Å². The summed E-state index contributed by atoms with van der Waals surface area (Å²) in [6.07, 6.45) is 0.0249. The Kier molecular flexibility index (Phi) is 3.72. The quantitative estimate of drug-likeness (QED) is 0.819. The van der Waals surface area contributed by atoms with Crippen LogP contribution in [0.3, 0.4) is 0 Å². The first kappa shape index (κ1) is 12.7. The summed E-state index contributed by atoms with van der Waals surface area (Å²) in [5, 5.41) is 0. The van der Waals surface area contributed by atoms with E-state index in [1.807, 2.05) is 19.1 Å². The molecular formula is C13H17NO4. The molecule has 1 aromatic rings. The van der Waals surface area contributed by atoms with Gasteiger partial charge >= 0.3 is 5.97 Å². The topological polar surface area (TPSA) is 70.8 Å². The number of hydrogen-bond acceptors (Lipinski definition) is 5. The molecule has 1 fully saturated rings. The molecule has 5 nitrogen and oxygen atoms in total. The lowest BCUT2D eigenvalue weighted by molar-refractivity contribution is -0.143. The van der Waals surface area contributed by atoms with Crippen molar-refractivity contribution in [1.82, 2.24) is 0 Å². The fraction of sp³-hybridized carbons (Fsp3) is 0.462. The van der Waals surface area contributed by atoms with Crippen molar-refractivity contribution in [3.8, 4) is 11.5 Å². The van der Waals surface area contributed by atoms with Crippen LogP contribution in [0, 0.1) is 0 Å². The van der Waals surface area contributed by atoms with Crippen LogP contribution in [0.2, 0.25) is 0 Å². The number of carbonyl (C=O) groups excluding carboxylic acids is 1. The maximum atomic E-state index is 11.3. The van der Waals surface area contributed by atoms with E-state index in [0.29, 0.717) is 24.5 Å². The van der Waals surface area contributed by atoms with Crippen molar-refractivity contribution in [1.29, 1.82) is 0 Å². The number of nitrogens with two attached hydrogens (primary N) is 1. The highest BCUT2D eigenvalue weighted by atomic mass is 16.6. The third-order valence-corrected chi connectivity index (χ3v) is 2.87. The first-order chi connectivity index (χ1) is 8.61. The van der Waals surface area contributed by atoms with Gasteiger partial charge in [-0.15, -0.1) is 0 Å². The lowest BCUT2D eigenvalue weighted by Gasteiger charge is -2.15. The SMILES string of the molecule is COc1cc([C@H](C)N)ccc1OC1CCOC1=O. The predicted molar refractivity (Wildman–Crippen MR) is 65.6 cm³/mol. The molecule has 0 amide bonds. The number of rotatable bonds is 4.